The van der Waals surface area contributed by atoms with Crippen molar-refractivity contribution in [2.75, 3.05) is 32.8 Å². The average Bonchev–Trinajstić information content (AvgIpc) is 3.21. The van der Waals surface area contributed by atoms with Crippen LogP contribution in [0.4, 0.5) is 0 Å². The molecule has 5 heteroatoms. The Bertz CT molecular complexity index is 627. The van der Waals surface area contributed by atoms with E-state index in [9.17, 15) is 0 Å². The molecule has 1 unspecified atom stereocenters. The van der Waals surface area contributed by atoms with Gasteiger partial charge in [-0.15, -0.1) is 0 Å². The number of ether oxygens (including phenoxy) is 1. The lowest BCUT2D eigenvalue weighted by molar-refractivity contribution is 0.0770. The first-order valence-electron chi connectivity index (χ1n) is 8.53. The monoisotopic (exact) mass is 300 g/mol. The molecule has 0 saturated carbocycles. The van der Waals surface area contributed by atoms with Gasteiger partial charge in [0.2, 0.25) is 0 Å². The van der Waals surface area contributed by atoms with Crippen LogP contribution in [0.3, 0.4) is 0 Å². The van der Waals surface area contributed by atoms with Crippen LogP contribution in [0.2, 0.25) is 0 Å². The van der Waals surface area contributed by atoms with E-state index in [1.165, 1.54) is 38.2 Å². The van der Waals surface area contributed by atoms with E-state index in [-0.39, 0.29) is 0 Å². The highest BCUT2D eigenvalue weighted by Gasteiger charge is 2.24. The van der Waals surface area contributed by atoms with Crippen molar-refractivity contribution in [3.8, 4) is 0 Å². The summed E-state index contributed by atoms with van der Waals surface area (Å²) in [4.78, 5) is 12.0. The van der Waals surface area contributed by atoms with Crippen LogP contribution >= 0.6 is 0 Å². The molecule has 0 bridgehead atoms. The number of imidazole rings is 1. The molecule has 1 atom stereocenters. The van der Waals surface area contributed by atoms with Gasteiger partial charge in [0.1, 0.15) is 11.3 Å². The van der Waals surface area contributed by atoms with Crippen LogP contribution in [0.5, 0.6) is 0 Å². The van der Waals surface area contributed by atoms with Crippen LogP contribution < -0.4 is 0 Å². The molecule has 22 heavy (non-hydrogen) atoms. The average molecular weight is 300 g/mol. The smallest absolute Gasteiger partial charge is 0.160 e. The largest absolute Gasteiger partial charge is 0.381 e. The molecule has 2 aromatic rings. The minimum absolute atomic E-state index is 0.418. The van der Waals surface area contributed by atoms with Gasteiger partial charge in [-0.3, -0.25) is 0 Å². The van der Waals surface area contributed by atoms with Gasteiger partial charge in [0, 0.05) is 31.8 Å². The summed E-state index contributed by atoms with van der Waals surface area (Å²) >= 11 is 0. The third kappa shape index (κ3) is 2.75. The van der Waals surface area contributed by atoms with Gasteiger partial charge >= 0.3 is 0 Å². The Labute approximate surface area is 131 Å². The summed E-state index contributed by atoms with van der Waals surface area (Å²) in [6.07, 6.45) is 6.86. The molecule has 0 spiro atoms. The quantitative estimate of drug-likeness (QED) is 0.870. The zero-order chi connectivity index (χ0) is 14.8. The summed E-state index contributed by atoms with van der Waals surface area (Å²) in [6.45, 7) is 6.25. The molecule has 0 amide bonds. The lowest BCUT2D eigenvalue weighted by Gasteiger charge is -2.23. The molecular formula is C17H24N4O. The lowest BCUT2D eigenvalue weighted by atomic mass is 10.0. The van der Waals surface area contributed by atoms with Gasteiger partial charge in [0.05, 0.1) is 6.61 Å². The normalized spacial score (nSPS) is 23.4. The fourth-order valence-corrected chi connectivity index (χ4v) is 3.70. The second kappa shape index (κ2) is 6.34. The second-order valence-electron chi connectivity index (χ2n) is 6.43. The van der Waals surface area contributed by atoms with E-state index < -0.39 is 0 Å². The summed E-state index contributed by atoms with van der Waals surface area (Å²) in [5.74, 6) is 1.59. The predicted molar refractivity (Wildman–Crippen MR) is 86.0 cm³/mol. The van der Waals surface area contributed by atoms with Crippen molar-refractivity contribution in [3.63, 3.8) is 0 Å². The standard InChI is InChI=1S/C17H24N4O/c1-2-9-20(8-1)10-11-21-16(14-5-4-12-22-13-14)19-15-6-3-7-18-17(15)21/h3,6-7,14H,1-2,4-5,8-13H2. The SMILES string of the molecule is c1cnc2c(c1)nc(C1CCCOC1)n2CCN1CCCC1. The summed E-state index contributed by atoms with van der Waals surface area (Å²) < 4.78 is 8.02. The first-order valence-corrected chi connectivity index (χ1v) is 8.53. The Morgan fingerprint density at radius 2 is 2.09 bits per heavy atom. The summed E-state index contributed by atoms with van der Waals surface area (Å²) in [5, 5.41) is 0. The predicted octanol–water partition coefficient (Wildman–Crippen LogP) is 2.42. The van der Waals surface area contributed by atoms with Crippen molar-refractivity contribution < 1.29 is 4.74 Å². The first-order chi connectivity index (χ1) is 10.9. The Balaban J connectivity index is 1.63. The minimum Gasteiger partial charge on any atom is -0.381 e. The van der Waals surface area contributed by atoms with Gasteiger partial charge in [0.15, 0.2) is 5.65 Å². The fourth-order valence-electron chi connectivity index (χ4n) is 3.70. The number of likely N-dealkylation sites (tertiary alicyclic amines) is 1. The van der Waals surface area contributed by atoms with E-state index in [1.54, 1.807) is 0 Å². The molecule has 2 aliphatic rings. The highest BCUT2D eigenvalue weighted by atomic mass is 16.5. The van der Waals surface area contributed by atoms with E-state index in [0.29, 0.717) is 5.92 Å². The molecule has 2 aliphatic heterocycles. The van der Waals surface area contributed by atoms with Gasteiger partial charge in [-0.2, -0.15) is 0 Å². The van der Waals surface area contributed by atoms with Crippen molar-refractivity contribution in [1.29, 1.82) is 0 Å². The maximum absolute atomic E-state index is 5.68. The molecular weight excluding hydrogens is 276 g/mol. The van der Waals surface area contributed by atoms with Gasteiger partial charge in [-0.1, -0.05) is 0 Å². The molecule has 5 nitrogen and oxygen atoms in total. The van der Waals surface area contributed by atoms with E-state index >= 15 is 0 Å². The van der Waals surface area contributed by atoms with E-state index in [4.69, 9.17) is 9.72 Å². The van der Waals surface area contributed by atoms with Crippen LogP contribution in [0.1, 0.15) is 37.4 Å². The summed E-state index contributed by atoms with van der Waals surface area (Å²) in [5.41, 5.74) is 2.05. The topological polar surface area (TPSA) is 43.2 Å². The van der Waals surface area contributed by atoms with Crippen LogP contribution in [-0.4, -0.2) is 52.3 Å². The van der Waals surface area contributed by atoms with Crippen molar-refractivity contribution in [1.82, 2.24) is 19.4 Å². The molecule has 0 N–H and O–H groups in total. The zero-order valence-electron chi connectivity index (χ0n) is 13.1. The molecule has 2 fully saturated rings. The number of fused-ring (bicyclic) bond motifs is 1. The highest BCUT2D eigenvalue weighted by Crippen LogP contribution is 2.27. The van der Waals surface area contributed by atoms with Gasteiger partial charge < -0.3 is 14.2 Å². The molecule has 2 aromatic heterocycles. The summed E-state index contributed by atoms with van der Waals surface area (Å²) in [7, 11) is 0. The molecule has 4 rings (SSSR count). The van der Waals surface area contributed by atoms with Crippen molar-refractivity contribution in [2.45, 2.75) is 38.1 Å². The van der Waals surface area contributed by atoms with E-state index in [2.05, 4.69) is 20.5 Å². The van der Waals surface area contributed by atoms with Crippen LogP contribution in [0.25, 0.3) is 11.2 Å². The third-order valence-electron chi connectivity index (χ3n) is 4.90. The molecule has 0 aromatic carbocycles. The Morgan fingerprint density at radius 1 is 1.18 bits per heavy atom. The Morgan fingerprint density at radius 3 is 2.91 bits per heavy atom. The number of nitrogens with zero attached hydrogens (tertiary/aromatic N) is 4. The number of aromatic nitrogens is 3. The van der Waals surface area contributed by atoms with Gasteiger partial charge in [-0.25, -0.2) is 9.97 Å². The van der Waals surface area contributed by atoms with Crippen molar-refractivity contribution in [2.24, 2.45) is 0 Å². The minimum atomic E-state index is 0.418. The maximum atomic E-state index is 5.68. The van der Waals surface area contributed by atoms with E-state index in [0.717, 1.165) is 43.9 Å². The molecule has 0 aliphatic carbocycles. The Hall–Kier alpha value is -1.46. The third-order valence-corrected chi connectivity index (χ3v) is 4.90. The lowest BCUT2D eigenvalue weighted by Crippen LogP contribution is -2.26. The molecule has 0 radical (unpaired) electrons. The van der Waals surface area contributed by atoms with Gasteiger partial charge in [-0.05, 0) is 50.9 Å². The highest BCUT2D eigenvalue weighted by molar-refractivity contribution is 5.71. The van der Waals surface area contributed by atoms with Crippen LogP contribution in [-0.2, 0) is 11.3 Å². The molecule has 2 saturated heterocycles. The van der Waals surface area contributed by atoms with Gasteiger partial charge in [0.25, 0.3) is 0 Å². The number of hydrogen-bond donors (Lipinski definition) is 0. The summed E-state index contributed by atoms with van der Waals surface area (Å²) in [6, 6.07) is 4.04. The fraction of sp³-hybridized carbons (Fsp3) is 0.647. The van der Waals surface area contributed by atoms with Crippen molar-refractivity contribution in [3.05, 3.63) is 24.2 Å². The number of pyridine rings is 1. The van der Waals surface area contributed by atoms with E-state index in [1.807, 2.05) is 12.3 Å². The first kappa shape index (κ1) is 14.2. The number of hydrogen-bond acceptors (Lipinski definition) is 4. The van der Waals surface area contributed by atoms with Crippen molar-refractivity contribution >= 4 is 11.2 Å². The zero-order valence-corrected chi connectivity index (χ0v) is 13.1. The molecule has 4 heterocycles. The van der Waals surface area contributed by atoms with Crippen LogP contribution in [0.15, 0.2) is 18.3 Å². The Kier molecular flexibility index (Phi) is 4.08. The number of rotatable bonds is 4. The maximum Gasteiger partial charge on any atom is 0.160 e. The second-order valence-corrected chi connectivity index (χ2v) is 6.43. The molecule has 118 valence electrons. The van der Waals surface area contributed by atoms with Crippen LogP contribution in [0, 0.1) is 0 Å².